The van der Waals surface area contributed by atoms with Gasteiger partial charge in [-0.25, -0.2) is 8.42 Å². The first-order chi connectivity index (χ1) is 9.07. The van der Waals surface area contributed by atoms with E-state index in [1.807, 2.05) is 19.9 Å². The van der Waals surface area contributed by atoms with Crippen LogP contribution in [0.5, 0.6) is 0 Å². The van der Waals surface area contributed by atoms with Crippen molar-refractivity contribution < 1.29 is 13.2 Å². The largest absolute Gasteiger partial charge is 0.384 e. The average Bonchev–Trinajstić information content (AvgIpc) is 2.40. The molecule has 108 valence electrons. The maximum atomic E-state index is 12.6. The van der Waals surface area contributed by atoms with E-state index in [9.17, 15) is 8.42 Å². The Hall–Kier alpha value is -1.11. The second kappa shape index (κ2) is 7.47. The van der Waals surface area contributed by atoms with E-state index in [4.69, 9.17) is 4.74 Å². The van der Waals surface area contributed by atoms with Crippen LogP contribution in [0.1, 0.15) is 13.8 Å². The molecule has 0 saturated heterocycles. The van der Waals surface area contributed by atoms with Gasteiger partial charge in [0, 0.05) is 26.7 Å². The fourth-order valence-electron chi connectivity index (χ4n) is 1.81. The topological polar surface area (TPSA) is 58.6 Å². The average molecular weight is 286 g/mol. The lowest BCUT2D eigenvalue weighted by molar-refractivity contribution is 0.180. The van der Waals surface area contributed by atoms with Crippen LogP contribution in [0, 0.1) is 0 Å². The lowest BCUT2D eigenvalue weighted by atomic mass is 10.3. The molecular weight excluding hydrogens is 264 g/mol. The van der Waals surface area contributed by atoms with Gasteiger partial charge in [0.25, 0.3) is 0 Å². The van der Waals surface area contributed by atoms with Crippen molar-refractivity contribution in [2.24, 2.45) is 0 Å². The van der Waals surface area contributed by atoms with Gasteiger partial charge in [0.1, 0.15) is 4.90 Å². The SMILES string of the molecule is CCNc1ccccc1S(=O)(=O)N(CC)CCOC. The summed E-state index contributed by atoms with van der Waals surface area (Å²) < 4.78 is 31.6. The van der Waals surface area contributed by atoms with E-state index in [1.54, 1.807) is 25.3 Å². The van der Waals surface area contributed by atoms with E-state index >= 15 is 0 Å². The van der Waals surface area contributed by atoms with Crippen LogP contribution in [-0.2, 0) is 14.8 Å². The van der Waals surface area contributed by atoms with E-state index in [2.05, 4.69) is 5.32 Å². The maximum Gasteiger partial charge on any atom is 0.245 e. The number of nitrogens with zero attached hydrogens (tertiary/aromatic N) is 1. The third-order valence-corrected chi connectivity index (χ3v) is 4.80. The Morgan fingerprint density at radius 3 is 2.53 bits per heavy atom. The Bertz CT molecular complexity index is 488. The predicted molar refractivity (Wildman–Crippen MR) is 76.9 cm³/mol. The summed E-state index contributed by atoms with van der Waals surface area (Å²) in [6.07, 6.45) is 0. The van der Waals surface area contributed by atoms with Crippen molar-refractivity contribution in [3.05, 3.63) is 24.3 Å². The first kappa shape index (κ1) is 15.9. The molecule has 0 unspecified atom stereocenters. The normalized spacial score (nSPS) is 11.8. The van der Waals surface area contributed by atoms with Gasteiger partial charge in [-0.3, -0.25) is 0 Å². The number of methoxy groups -OCH3 is 1. The summed E-state index contributed by atoms with van der Waals surface area (Å²) in [5, 5.41) is 3.08. The first-order valence-electron chi connectivity index (χ1n) is 6.39. The second-order valence-electron chi connectivity index (χ2n) is 4.02. The molecule has 0 atom stereocenters. The summed E-state index contributed by atoms with van der Waals surface area (Å²) in [5.41, 5.74) is 0.640. The molecule has 1 rings (SSSR count). The zero-order valence-corrected chi connectivity index (χ0v) is 12.5. The molecule has 19 heavy (non-hydrogen) atoms. The van der Waals surface area contributed by atoms with Gasteiger partial charge in [0.15, 0.2) is 0 Å². The van der Waals surface area contributed by atoms with Gasteiger partial charge in [-0.2, -0.15) is 4.31 Å². The van der Waals surface area contributed by atoms with Crippen molar-refractivity contribution >= 4 is 15.7 Å². The number of anilines is 1. The summed E-state index contributed by atoms with van der Waals surface area (Å²) in [4.78, 5) is 0.315. The number of ether oxygens (including phenoxy) is 1. The zero-order valence-electron chi connectivity index (χ0n) is 11.7. The highest BCUT2D eigenvalue weighted by Crippen LogP contribution is 2.24. The highest BCUT2D eigenvalue weighted by Gasteiger charge is 2.25. The summed E-state index contributed by atoms with van der Waals surface area (Å²) in [5.74, 6) is 0. The van der Waals surface area contributed by atoms with Crippen LogP contribution < -0.4 is 5.32 Å². The van der Waals surface area contributed by atoms with Crippen molar-refractivity contribution in [3.8, 4) is 0 Å². The van der Waals surface area contributed by atoms with Crippen molar-refractivity contribution in [1.29, 1.82) is 0 Å². The van der Waals surface area contributed by atoms with Gasteiger partial charge in [0.05, 0.1) is 12.3 Å². The number of hydrogen-bond acceptors (Lipinski definition) is 4. The Labute approximate surface area is 115 Å². The highest BCUT2D eigenvalue weighted by atomic mass is 32.2. The standard InChI is InChI=1S/C13H22N2O3S/c1-4-14-12-8-6-7-9-13(12)19(16,17)15(5-2)10-11-18-3/h6-9,14H,4-5,10-11H2,1-3H3. The van der Waals surface area contributed by atoms with Crippen LogP contribution in [0.25, 0.3) is 0 Å². The third kappa shape index (κ3) is 3.92. The fourth-order valence-corrected chi connectivity index (χ4v) is 3.41. The molecule has 1 N–H and O–H groups in total. The second-order valence-corrected chi connectivity index (χ2v) is 5.92. The fraction of sp³-hybridized carbons (Fsp3) is 0.538. The molecular formula is C13H22N2O3S. The Morgan fingerprint density at radius 2 is 1.95 bits per heavy atom. The number of benzene rings is 1. The van der Waals surface area contributed by atoms with E-state index < -0.39 is 10.0 Å². The Kier molecular flexibility index (Phi) is 6.27. The quantitative estimate of drug-likeness (QED) is 0.791. The molecule has 0 saturated carbocycles. The summed E-state index contributed by atoms with van der Waals surface area (Å²) >= 11 is 0. The molecule has 0 aliphatic carbocycles. The first-order valence-corrected chi connectivity index (χ1v) is 7.83. The molecule has 5 nitrogen and oxygen atoms in total. The molecule has 6 heteroatoms. The van der Waals surface area contributed by atoms with Crippen molar-refractivity contribution in [2.45, 2.75) is 18.7 Å². The minimum absolute atomic E-state index is 0.315. The molecule has 0 amide bonds. The Balaban J connectivity index is 3.10. The van der Waals surface area contributed by atoms with Gasteiger partial charge >= 0.3 is 0 Å². The zero-order chi connectivity index (χ0) is 14.3. The molecule has 1 aromatic rings. The van der Waals surface area contributed by atoms with Gasteiger partial charge in [-0.1, -0.05) is 19.1 Å². The minimum Gasteiger partial charge on any atom is -0.384 e. The highest BCUT2D eigenvalue weighted by molar-refractivity contribution is 7.89. The van der Waals surface area contributed by atoms with Crippen LogP contribution in [0.3, 0.4) is 0 Å². The van der Waals surface area contributed by atoms with Crippen LogP contribution in [0.4, 0.5) is 5.69 Å². The van der Waals surface area contributed by atoms with Gasteiger partial charge < -0.3 is 10.1 Å². The van der Waals surface area contributed by atoms with Crippen molar-refractivity contribution in [2.75, 3.05) is 38.7 Å². The van der Waals surface area contributed by atoms with Gasteiger partial charge in [0.2, 0.25) is 10.0 Å². The van der Waals surface area contributed by atoms with Crippen LogP contribution in [0.15, 0.2) is 29.2 Å². The minimum atomic E-state index is -3.49. The Morgan fingerprint density at radius 1 is 1.26 bits per heavy atom. The number of sulfonamides is 1. The predicted octanol–water partition coefficient (Wildman–Crippen LogP) is 1.78. The summed E-state index contributed by atoms with van der Waals surface area (Å²) in [7, 11) is -1.92. The van der Waals surface area contributed by atoms with Crippen LogP contribution in [0.2, 0.25) is 0 Å². The molecule has 0 aromatic heterocycles. The molecule has 0 heterocycles. The smallest absolute Gasteiger partial charge is 0.245 e. The molecule has 0 aliphatic heterocycles. The molecule has 0 aliphatic rings. The van der Waals surface area contributed by atoms with Crippen molar-refractivity contribution in [3.63, 3.8) is 0 Å². The lowest BCUT2D eigenvalue weighted by Crippen LogP contribution is -2.34. The van der Waals surface area contributed by atoms with E-state index in [-0.39, 0.29) is 0 Å². The van der Waals surface area contributed by atoms with Gasteiger partial charge in [-0.05, 0) is 19.1 Å². The number of nitrogens with one attached hydrogen (secondary N) is 1. The van der Waals surface area contributed by atoms with Crippen LogP contribution >= 0.6 is 0 Å². The lowest BCUT2D eigenvalue weighted by Gasteiger charge is -2.21. The number of para-hydroxylation sites is 1. The molecule has 0 radical (unpaired) electrons. The summed E-state index contributed by atoms with van der Waals surface area (Å²) in [6, 6.07) is 6.96. The van der Waals surface area contributed by atoms with E-state index in [0.717, 1.165) is 0 Å². The molecule has 0 fully saturated rings. The van der Waals surface area contributed by atoms with Gasteiger partial charge in [-0.15, -0.1) is 0 Å². The number of hydrogen-bond donors (Lipinski definition) is 1. The molecule has 0 spiro atoms. The van der Waals surface area contributed by atoms with Crippen molar-refractivity contribution in [1.82, 2.24) is 4.31 Å². The van der Waals surface area contributed by atoms with E-state index in [0.29, 0.717) is 36.8 Å². The monoisotopic (exact) mass is 286 g/mol. The molecule has 0 bridgehead atoms. The van der Waals surface area contributed by atoms with Crippen LogP contribution in [-0.4, -0.2) is 46.1 Å². The van der Waals surface area contributed by atoms with E-state index in [1.165, 1.54) is 4.31 Å². The number of likely N-dealkylation sites (N-methyl/N-ethyl adjacent to an activating group) is 1. The maximum absolute atomic E-state index is 12.6. The number of rotatable bonds is 8. The molecule has 1 aromatic carbocycles. The third-order valence-electron chi connectivity index (χ3n) is 2.77. The summed E-state index contributed by atoms with van der Waals surface area (Å²) in [6.45, 7) is 5.60.